The zero-order chi connectivity index (χ0) is 23.0. The normalized spacial score (nSPS) is 11.8. The highest BCUT2D eigenvalue weighted by molar-refractivity contribution is 5.97. The Morgan fingerprint density at radius 1 is 0.818 bits per heavy atom. The van der Waals surface area contributed by atoms with Gasteiger partial charge in [0.05, 0.1) is 5.52 Å². The van der Waals surface area contributed by atoms with Crippen LogP contribution in [-0.2, 0) is 24.3 Å². The highest BCUT2D eigenvalue weighted by Crippen LogP contribution is 2.13. The van der Waals surface area contributed by atoms with E-state index in [1.54, 1.807) is 12.1 Å². The third kappa shape index (κ3) is 6.02. The van der Waals surface area contributed by atoms with Gasteiger partial charge in [0.25, 0.3) is 5.91 Å². The van der Waals surface area contributed by atoms with Gasteiger partial charge in [-0.05, 0) is 41.0 Å². The molecule has 0 aliphatic rings. The van der Waals surface area contributed by atoms with Gasteiger partial charge in [0.15, 0.2) is 0 Å². The third-order valence-electron chi connectivity index (χ3n) is 5.45. The maximum atomic E-state index is 12.6. The van der Waals surface area contributed by atoms with Crippen molar-refractivity contribution in [2.45, 2.75) is 25.6 Å². The number of rotatable bonds is 9. The lowest BCUT2D eigenvalue weighted by molar-refractivity contribution is -0.119. The first kappa shape index (κ1) is 22.2. The Hall–Kier alpha value is -4.03. The number of pyridine rings is 1. The second kappa shape index (κ2) is 10.5. The van der Waals surface area contributed by atoms with Gasteiger partial charge in [-0.3, -0.25) is 14.6 Å². The Labute approximate surface area is 192 Å². The van der Waals surface area contributed by atoms with Crippen LogP contribution in [0.4, 0.5) is 0 Å². The molecule has 1 atom stereocenters. The molecule has 0 saturated heterocycles. The number of hydrogen-bond donors (Lipinski definition) is 3. The summed E-state index contributed by atoms with van der Waals surface area (Å²) in [5.41, 5.74) is 10.1. The van der Waals surface area contributed by atoms with E-state index in [9.17, 15) is 9.59 Å². The maximum absolute atomic E-state index is 12.6. The number of hydrogen-bond acceptors (Lipinski definition) is 4. The summed E-state index contributed by atoms with van der Waals surface area (Å²) in [6.07, 6.45) is 2.24. The zero-order valence-corrected chi connectivity index (χ0v) is 18.2. The number of carbonyl (C=O) groups is 2. The summed E-state index contributed by atoms with van der Waals surface area (Å²) in [7, 11) is 0. The first-order chi connectivity index (χ1) is 16.1. The number of aromatic nitrogens is 1. The van der Waals surface area contributed by atoms with Crippen LogP contribution in [0.3, 0.4) is 0 Å². The van der Waals surface area contributed by atoms with E-state index in [4.69, 9.17) is 5.73 Å². The van der Waals surface area contributed by atoms with Gasteiger partial charge in [0, 0.05) is 36.7 Å². The van der Waals surface area contributed by atoms with Crippen molar-refractivity contribution in [3.8, 4) is 0 Å². The first-order valence-electron chi connectivity index (χ1n) is 10.9. The molecule has 4 rings (SSSR count). The van der Waals surface area contributed by atoms with Crippen molar-refractivity contribution in [1.82, 2.24) is 15.6 Å². The highest BCUT2D eigenvalue weighted by atomic mass is 16.2. The molecule has 3 aromatic carbocycles. The molecule has 0 radical (unpaired) electrons. The molecule has 33 heavy (non-hydrogen) atoms. The number of fused-ring (bicyclic) bond motifs is 1. The van der Waals surface area contributed by atoms with Crippen molar-refractivity contribution in [3.63, 3.8) is 0 Å². The number of benzene rings is 3. The number of nitrogens with zero attached hydrogens (tertiary/aromatic N) is 1. The maximum Gasteiger partial charge on any atom is 0.251 e. The summed E-state index contributed by atoms with van der Waals surface area (Å²) in [5.74, 6) is -0.882. The van der Waals surface area contributed by atoms with Crippen LogP contribution in [-0.4, -0.2) is 22.8 Å². The molecule has 0 unspecified atom stereocenters. The van der Waals surface area contributed by atoms with E-state index in [1.165, 1.54) is 0 Å². The Balaban J connectivity index is 1.31. The first-order valence-corrected chi connectivity index (χ1v) is 10.9. The summed E-state index contributed by atoms with van der Waals surface area (Å²) in [6.45, 7) is 1.35. The van der Waals surface area contributed by atoms with Gasteiger partial charge < -0.3 is 16.4 Å². The molecule has 1 heterocycles. The van der Waals surface area contributed by atoms with Gasteiger partial charge >= 0.3 is 0 Å². The molecule has 6 heteroatoms. The van der Waals surface area contributed by atoms with E-state index < -0.39 is 11.9 Å². The minimum absolute atomic E-state index is 0.323. The zero-order valence-electron chi connectivity index (χ0n) is 18.2. The number of para-hydroxylation sites is 1. The molecule has 166 valence electrons. The largest absolute Gasteiger partial charge is 0.368 e. The Morgan fingerprint density at radius 3 is 2.27 bits per heavy atom. The van der Waals surface area contributed by atoms with Crippen LogP contribution in [0.25, 0.3) is 10.9 Å². The number of nitrogens with two attached hydrogens (primary N) is 1. The van der Waals surface area contributed by atoms with Gasteiger partial charge in [-0.2, -0.15) is 0 Å². The molecular formula is C27H26N4O2. The fraction of sp³-hybridized carbons (Fsp3) is 0.148. The fourth-order valence-electron chi connectivity index (χ4n) is 3.65. The average molecular weight is 439 g/mol. The second-order valence-electron chi connectivity index (χ2n) is 7.95. The Bertz CT molecular complexity index is 1240. The number of primary amides is 1. The number of carbonyl (C=O) groups excluding carboxylic acids is 2. The smallest absolute Gasteiger partial charge is 0.251 e. The molecule has 0 aliphatic carbocycles. The van der Waals surface area contributed by atoms with E-state index >= 15 is 0 Å². The van der Waals surface area contributed by atoms with Crippen LogP contribution in [0.15, 0.2) is 91.1 Å². The Morgan fingerprint density at radius 2 is 1.52 bits per heavy atom. The molecule has 4 N–H and O–H groups in total. The molecule has 6 nitrogen and oxygen atoms in total. The summed E-state index contributed by atoms with van der Waals surface area (Å²) in [5, 5.41) is 7.27. The minimum atomic E-state index is -0.767. The van der Waals surface area contributed by atoms with Gasteiger partial charge in [-0.15, -0.1) is 0 Å². The molecule has 2 amide bonds. The van der Waals surface area contributed by atoms with Crippen molar-refractivity contribution in [2.75, 3.05) is 0 Å². The average Bonchev–Trinajstić information content (AvgIpc) is 2.84. The van der Waals surface area contributed by atoms with E-state index in [1.807, 2.05) is 66.9 Å². The monoisotopic (exact) mass is 438 g/mol. The van der Waals surface area contributed by atoms with Crippen LogP contribution in [0.2, 0.25) is 0 Å². The topological polar surface area (TPSA) is 97.1 Å². The second-order valence-corrected chi connectivity index (χ2v) is 7.95. The van der Waals surface area contributed by atoms with Gasteiger partial charge in [-0.1, -0.05) is 60.7 Å². The molecular weight excluding hydrogens is 412 g/mol. The van der Waals surface area contributed by atoms with Crippen molar-refractivity contribution in [3.05, 3.63) is 113 Å². The van der Waals surface area contributed by atoms with Crippen LogP contribution in [0, 0.1) is 0 Å². The molecule has 0 aliphatic heterocycles. The molecule has 0 saturated carbocycles. The highest BCUT2D eigenvalue weighted by Gasteiger charge is 2.19. The van der Waals surface area contributed by atoms with Crippen molar-refractivity contribution < 1.29 is 9.59 Å². The predicted molar refractivity (Wildman–Crippen MR) is 129 cm³/mol. The van der Waals surface area contributed by atoms with Gasteiger partial charge in [0.2, 0.25) is 5.91 Å². The lowest BCUT2D eigenvalue weighted by Gasteiger charge is -2.16. The predicted octanol–water partition coefficient (Wildman–Crippen LogP) is 3.35. The summed E-state index contributed by atoms with van der Waals surface area (Å²) >= 11 is 0. The van der Waals surface area contributed by atoms with Gasteiger partial charge in [0.1, 0.15) is 6.04 Å². The lowest BCUT2D eigenvalue weighted by atomic mass is 10.0. The van der Waals surface area contributed by atoms with E-state index in [2.05, 4.69) is 27.8 Å². The lowest BCUT2D eigenvalue weighted by Crippen LogP contribution is -2.45. The van der Waals surface area contributed by atoms with E-state index in [0.717, 1.165) is 27.6 Å². The minimum Gasteiger partial charge on any atom is -0.368 e. The van der Waals surface area contributed by atoms with Crippen molar-refractivity contribution in [1.29, 1.82) is 0 Å². The SMILES string of the molecule is NC(=O)[C@H](Cc1ccccc1)NC(=O)c1ccc(CNCc2cnc3ccccc3c2)cc1. The Kier molecular flexibility index (Phi) is 7.07. The van der Waals surface area contributed by atoms with Gasteiger partial charge in [-0.25, -0.2) is 0 Å². The van der Waals surface area contributed by atoms with E-state index in [-0.39, 0.29) is 5.91 Å². The quantitative estimate of drug-likeness (QED) is 0.373. The van der Waals surface area contributed by atoms with Crippen molar-refractivity contribution >= 4 is 22.7 Å². The van der Waals surface area contributed by atoms with Crippen LogP contribution < -0.4 is 16.4 Å². The molecule has 4 aromatic rings. The summed E-state index contributed by atoms with van der Waals surface area (Å²) < 4.78 is 0. The third-order valence-corrected chi connectivity index (χ3v) is 5.45. The summed E-state index contributed by atoms with van der Waals surface area (Å²) in [4.78, 5) is 28.9. The number of nitrogens with one attached hydrogen (secondary N) is 2. The van der Waals surface area contributed by atoms with Crippen LogP contribution in [0.1, 0.15) is 27.0 Å². The molecule has 0 bridgehead atoms. The molecule has 0 spiro atoms. The summed E-state index contributed by atoms with van der Waals surface area (Å²) in [6, 6.07) is 26.2. The molecule has 0 fully saturated rings. The van der Waals surface area contributed by atoms with E-state index in [0.29, 0.717) is 25.1 Å². The van der Waals surface area contributed by atoms with Crippen LogP contribution >= 0.6 is 0 Å². The van der Waals surface area contributed by atoms with Crippen molar-refractivity contribution in [2.24, 2.45) is 5.73 Å². The molecule has 1 aromatic heterocycles. The number of amides is 2. The fourth-order valence-corrected chi connectivity index (χ4v) is 3.65. The van der Waals surface area contributed by atoms with Crippen LogP contribution in [0.5, 0.6) is 0 Å². The standard InChI is InChI=1S/C27H26N4O2/c28-26(32)25(15-19-6-2-1-3-7-19)31-27(33)22-12-10-20(11-13-22)16-29-17-21-14-23-8-4-5-9-24(23)30-18-21/h1-14,18,25,29H,15-17H2,(H2,28,32)(H,31,33)/t25-/m0/s1.